The van der Waals surface area contributed by atoms with Crippen molar-refractivity contribution in [2.45, 2.75) is 38.5 Å². The van der Waals surface area contributed by atoms with Crippen LogP contribution in [-0.4, -0.2) is 33.2 Å². The fourth-order valence-corrected chi connectivity index (χ4v) is 3.76. The topological polar surface area (TPSA) is 89.2 Å². The average Bonchev–Trinajstić information content (AvgIpc) is 3.36. The summed E-state index contributed by atoms with van der Waals surface area (Å²) in [6.07, 6.45) is 10.6. The molecule has 0 atom stereocenters. The van der Waals surface area contributed by atoms with Crippen LogP contribution in [0.4, 0.5) is 11.4 Å². The molecule has 0 saturated carbocycles. The highest BCUT2D eigenvalue weighted by Gasteiger charge is 2.01. The number of hydrogen-bond donors (Lipinski definition) is 4. The van der Waals surface area contributed by atoms with Crippen molar-refractivity contribution in [2.75, 3.05) is 23.8 Å². The smallest absolute Gasteiger partial charge is 0.170 e. The largest absolute Gasteiger partial charge is 0.494 e. The first kappa shape index (κ1) is 25.5. The van der Waals surface area contributed by atoms with Crippen LogP contribution >= 0.6 is 24.4 Å². The average molecular weight is 497 g/mol. The van der Waals surface area contributed by atoms with Crippen LogP contribution in [0.5, 0.6) is 5.75 Å². The van der Waals surface area contributed by atoms with Gasteiger partial charge in [-0.2, -0.15) is 5.10 Å². The van der Waals surface area contributed by atoms with Gasteiger partial charge in [-0.1, -0.05) is 31.7 Å². The number of nitrogens with zero attached hydrogens (tertiary/aromatic N) is 2. The van der Waals surface area contributed by atoms with Gasteiger partial charge in [0.05, 0.1) is 12.3 Å². The van der Waals surface area contributed by atoms with E-state index in [4.69, 9.17) is 34.9 Å². The molecule has 0 unspecified atom stereocenters. The van der Waals surface area contributed by atoms with Crippen molar-refractivity contribution < 1.29 is 4.74 Å². The summed E-state index contributed by atoms with van der Waals surface area (Å²) in [5.74, 6) is 0.825. The number of nitrogens with two attached hydrogens (primary N) is 1. The number of benzene rings is 2. The highest BCUT2D eigenvalue weighted by molar-refractivity contribution is 7.80. The molecule has 7 nitrogen and oxygen atoms in total. The zero-order valence-corrected chi connectivity index (χ0v) is 20.8. The Hall–Kier alpha value is -3.17. The van der Waals surface area contributed by atoms with Gasteiger partial charge in [0.1, 0.15) is 5.75 Å². The molecule has 0 spiro atoms. The minimum Gasteiger partial charge on any atom is -0.494 e. The molecule has 0 radical (unpaired) electrons. The van der Waals surface area contributed by atoms with Crippen LogP contribution in [0.3, 0.4) is 0 Å². The van der Waals surface area contributed by atoms with Crippen LogP contribution in [0, 0.1) is 0 Å². The lowest BCUT2D eigenvalue weighted by atomic mass is 10.1. The number of hydrogen-bond acceptors (Lipinski definition) is 4. The number of aromatic nitrogens is 2. The highest BCUT2D eigenvalue weighted by Crippen LogP contribution is 2.18. The Morgan fingerprint density at radius 1 is 0.882 bits per heavy atom. The van der Waals surface area contributed by atoms with E-state index in [0.29, 0.717) is 11.7 Å². The third-order valence-corrected chi connectivity index (χ3v) is 5.47. The SMILES string of the molecule is NC(=S)Nc1cccc(OCCCCCCCCNC(=S)Nc2ccc(-n3cccn3)cc2)c1. The van der Waals surface area contributed by atoms with Gasteiger partial charge in [-0.15, -0.1) is 0 Å². The van der Waals surface area contributed by atoms with E-state index in [1.54, 1.807) is 6.20 Å². The first-order chi connectivity index (χ1) is 16.6. The Balaban J connectivity index is 1.18. The van der Waals surface area contributed by atoms with E-state index < -0.39 is 0 Å². The zero-order chi connectivity index (χ0) is 24.0. The minimum atomic E-state index is 0.252. The molecular weight excluding hydrogens is 464 g/mol. The van der Waals surface area contributed by atoms with Crippen LogP contribution in [0.1, 0.15) is 38.5 Å². The van der Waals surface area contributed by atoms with E-state index >= 15 is 0 Å². The summed E-state index contributed by atoms with van der Waals surface area (Å²) in [7, 11) is 0. The molecule has 5 N–H and O–H groups in total. The molecule has 0 amide bonds. The number of nitrogens with one attached hydrogen (secondary N) is 3. The molecule has 9 heteroatoms. The zero-order valence-electron chi connectivity index (χ0n) is 19.2. The van der Waals surface area contributed by atoms with Gasteiger partial charge in [0.2, 0.25) is 0 Å². The van der Waals surface area contributed by atoms with Crippen molar-refractivity contribution in [3.05, 3.63) is 67.0 Å². The Kier molecular flexibility index (Phi) is 10.6. The molecule has 0 bridgehead atoms. The molecule has 2 aromatic carbocycles. The van der Waals surface area contributed by atoms with Gasteiger partial charge in [0.25, 0.3) is 0 Å². The summed E-state index contributed by atoms with van der Waals surface area (Å²) in [5.41, 5.74) is 8.32. The highest BCUT2D eigenvalue weighted by atomic mass is 32.1. The third-order valence-electron chi connectivity index (χ3n) is 5.12. The maximum atomic E-state index is 5.81. The summed E-state index contributed by atoms with van der Waals surface area (Å²) in [4.78, 5) is 0. The van der Waals surface area contributed by atoms with E-state index in [1.165, 1.54) is 19.3 Å². The Bertz CT molecular complexity index is 1020. The maximum absolute atomic E-state index is 5.81. The van der Waals surface area contributed by atoms with Crippen molar-refractivity contribution >= 4 is 46.0 Å². The number of anilines is 2. The van der Waals surface area contributed by atoms with E-state index in [2.05, 4.69) is 21.0 Å². The normalized spacial score (nSPS) is 10.5. The second-order valence-corrected chi connectivity index (χ2v) is 8.71. The van der Waals surface area contributed by atoms with Crippen LogP contribution in [0.15, 0.2) is 67.0 Å². The molecular formula is C25H32N6OS2. The molecule has 0 aliphatic carbocycles. The minimum absolute atomic E-state index is 0.252. The predicted octanol–water partition coefficient (Wildman–Crippen LogP) is 5.23. The lowest BCUT2D eigenvalue weighted by molar-refractivity contribution is 0.304. The van der Waals surface area contributed by atoms with E-state index in [1.807, 2.05) is 65.5 Å². The lowest BCUT2D eigenvalue weighted by Crippen LogP contribution is -2.29. The van der Waals surface area contributed by atoms with Crippen LogP contribution in [0.25, 0.3) is 5.69 Å². The molecule has 34 heavy (non-hydrogen) atoms. The fourth-order valence-electron chi connectivity index (χ4n) is 3.43. The number of rotatable bonds is 13. The molecule has 3 rings (SSSR count). The van der Waals surface area contributed by atoms with Gasteiger partial charge in [-0.25, -0.2) is 4.68 Å². The van der Waals surface area contributed by atoms with E-state index in [0.717, 1.165) is 48.6 Å². The molecule has 1 aromatic heterocycles. The van der Waals surface area contributed by atoms with Crippen LogP contribution < -0.4 is 26.4 Å². The first-order valence-electron chi connectivity index (χ1n) is 11.5. The van der Waals surface area contributed by atoms with Gasteiger partial charge >= 0.3 is 0 Å². The Morgan fingerprint density at radius 3 is 2.38 bits per heavy atom. The van der Waals surface area contributed by atoms with Crippen molar-refractivity contribution in [2.24, 2.45) is 5.73 Å². The fraction of sp³-hybridized carbons (Fsp3) is 0.320. The quantitative estimate of drug-likeness (QED) is 0.189. The summed E-state index contributed by atoms with van der Waals surface area (Å²) in [5, 5.41) is 14.6. The van der Waals surface area contributed by atoms with Crippen LogP contribution in [0.2, 0.25) is 0 Å². The summed E-state index contributed by atoms with van der Waals surface area (Å²) >= 11 is 10.3. The standard InChI is InChI=1S/C25H32N6OS2/c26-24(33)29-21-9-7-10-23(19-21)32-18-6-4-2-1-3-5-15-27-25(34)30-20-11-13-22(14-12-20)31-17-8-16-28-31/h7-14,16-17,19H,1-6,15,18H2,(H3,26,29,33)(H2,27,30,34). The van der Waals surface area contributed by atoms with E-state index in [9.17, 15) is 0 Å². The van der Waals surface area contributed by atoms with Crippen molar-refractivity contribution in [3.8, 4) is 11.4 Å². The molecule has 1 heterocycles. The Labute approximate surface area is 212 Å². The molecule has 0 fully saturated rings. The van der Waals surface area contributed by atoms with Gasteiger partial charge in [0.15, 0.2) is 10.2 Å². The van der Waals surface area contributed by atoms with Gasteiger partial charge in [-0.3, -0.25) is 0 Å². The monoisotopic (exact) mass is 496 g/mol. The van der Waals surface area contributed by atoms with Crippen molar-refractivity contribution in [1.29, 1.82) is 0 Å². The van der Waals surface area contributed by atoms with Gasteiger partial charge < -0.3 is 26.4 Å². The number of unbranched alkanes of at least 4 members (excludes halogenated alkanes) is 5. The Morgan fingerprint density at radius 2 is 1.65 bits per heavy atom. The van der Waals surface area contributed by atoms with Gasteiger partial charge in [-0.05, 0) is 79.7 Å². The predicted molar refractivity (Wildman–Crippen MR) is 148 cm³/mol. The molecule has 180 valence electrons. The molecule has 0 aliphatic heterocycles. The summed E-state index contributed by atoms with van der Waals surface area (Å²) in [6, 6.07) is 17.6. The lowest BCUT2D eigenvalue weighted by Gasteiger charge is -2.11. The van der Waals surface area contributed by atoms with Crippen LogP contribution in [-0.2, 0) is 0 Å². The molecule has 3 aromatic rings. The number of ether oxygens (including phenoxy) is 1. The van der Waals surface area contributed by atoms with Crippen molar-refractivity contribution in [1.82, 2.24) is 15.1 Å². The molecule has 0 saturated heterocycles. The molecule has 0 aliphatic rings. The first-order valence-corrected chi connectivity index (χ1v) is 12.4. The maximum Gasteiger partial charge on any atom is 0.170 e. The number of thiocarbonyl (C=S) groups is 2. The third kappa shape index (κ3) is 9.36. The van der Waals surface area contributed by atoms with E-state index in [-0.39, 0.29) is 5.11 Å². The summed E-state index contributed by atoms with van der Waals surface area (Å²) in [6.45, 7) is 1.58. The second kappa shape index (κ2) is 14.2. The summed E-state index contributed by atoms with van der Waals surface area (Å²) < 4.78 is 7.64. The second-order valence-electron chi connectivity index (χ2n) is 7.87. The van der Waals surface area contributed by atoms with Gasteiger partial charge in [0, 0.05) is 36.4 Å². The van der Waals surface area contributed by atoms with Crippen molar-refractivity contribution in [3.63, 3.8) is 0 Å².